The second kappa shape index (κ2) is 4.26. The fourth-order valence-electron chi connectivity index (χ4n) is 0.696. The van der Waals surface area contributed by atoms with E-state index in [-0.39, 0.29) is 5.60 Å². The van der Waals surface area contributed by atoms with Gasteiger partial charge >= 0.3 is 0 Å². The smallest absolute Gasteiger partial charge is 0.184 e. The summed E-state index contributed by atoms with van der Waals surface area (Å²) in [4.78, 5) is 4.07. The first-order valence-electron chi connectivity index (χ1n) is 3.93. The Labute approximate surface area is 87.1 Å². The van der Waals surface area contributed by atoms with Crippen molar-refractivity contribution >= 4 is 28.1 Å². The van der Waals surface area contributed by atoms with E-state index in [1.807, 2.05) is 13.8 Å². The van der Waals surface area contributed by atoms with E-state index >= 15 is 0 Å². The quantitative estimate of drug-likeness (QED) is 0.847. The van der Waals surface area contributed by atoms with Gasteiger partial charge in [-0.25, -0.2) is 4.98 Å². The van der Waals surface area contributed by atoms with Crippen LogP contribution in [0.15, 0.2) is 5.38 Å². The van der Waals surface area contributed by atoms with Gasteiger partial charge in [-0.15, -0.1) is 11.3 Å². The highest BCUT2D eigenvalue weighted by Gasteiger charge is 2.16. The van der Waals surface area contributed by atoms with Crippen LogP contribution in [-0.4, -0.2) is 24.2 Å². The highest BCUT2D eigenvalue weighted by atomic mass is 35.5. The maximum atomic E-state index is 5.67. The molecule has 1 aromatic heterocycles. The molecule has 1 heterocycles. The van der Waals surface area contributed by atoms with Crippen molar-refractivity contribution < 1.29 is 4.74 Å². The number of anilines is 1. The molecule has 0 saturated heterocycles. The van der Waals surface area contributed by atoms with E-state index in [4.69, 9.17) is 16.3 Å². The molecule has 0 amide bonds. The Morgan fingerprint density at radius 1 is 1.69 bits per heavy atom. The standard InChI is InChI=1S/C8H13ClN2OS/c1-8(2,12-3)5-10-7-11-6(9)4-13-7/h4H,5H2,1-3H3,(H,10,11). The summed E-state index contributed by atoms with van der Waals surface area (Å²) in [5.74, 6) is 0. The summed E-state index contributed by atoms with van der Waals surface area (Å²) in [5.41, 5.74) is -0.182. The molecule has 3 nitrogen and oxygen atoms in total. The van der Waals surface area contributed by atoms with E-state index in [0.29, 0.717) is 11.7 Å². The number of halogens is 1. The van der Waals surface area contributed by atoms with Crippen LogP contribution in [0.1, 0.15) is 13.8 Å². The number of ether oxygens (including phenoxy) is 1. The molecule has 0 fully saturated rings. The highest BCUT2D eigenvalue weighted by molar-refractivity contribution is 7.14. The van der Waals surface area contributed by atoms with Crippen LogP contribution in [-0.2, 0) is 4.74 Å². The lowest BCUT2D eigenvalue weighted by Gasteiger charge is -2.22. The lowest BCUT2D eigenvalue weighted by molar-refractivity contribution is 0.0344. The molecule has 74 valence electrons. The minimum atomic E-state index is -0.182. The molecule has 5 heteroatoms. The first-order chi connectivity index (χ1) is 6.03. The Hall–Kier alpha value is -0.320. The van der Waals surface area contributed by atoms with Crippen LogP contribution in [0.2, 0.25) is 5.15 Å². The van der Waals surface area contributed by atoms with Crippen molar-refractivity contribution in [1.29, 1.82) is 0 Å². The Kier molecular flexibility index (Phi) is 3.53. The molecular formula is C8H13ClN2OS. The summed E-state index contributed by atoms with van der Waals surface area (Å²) >= 11 is 7.16. The van der Waals surface area contributed by atoms with Gasteiger partial charge in [0.2, 0.25) is 0 Å². The average molecular weight is 221 g/mol. The Balaban J connectivity index is 2.43. The number of aromatic nitrogens is 1. The molecule has 13 heavy (non-hydrogen) atoms. The van der Waals surface area contributed by atoms with E-state index < -0.39 is 0 Å². The van der Waals surface area contributed by atoms with Crippen LogP contribution in [0.3, 0.4) is 0 Å². The van der Waals surface area contributed by atoms with Gasteiger partial charge in [0.05, 0.1) is 5.60 Å². The summed E-state index contributed by atoms with van der Waals surface area (Å²) in [6.07, 6.45) is 0. The highest BCUT2D eigenvalue weighted by Crippen LogP contribution is 2.19. The summed E-state index contributed by atoms with van der Waals surface area (Å²) in [7, 11) is 1.69. The molecule has 0 atom stereocenters. The van der Waals surface area contributed by atoms with E-state index in [1.54, 1.807) is 12.5 Å². The van der Waals surface area contributed by atoms with Crippen molar-refractivity contribution in [1.82, 2.24) is 4.98 Å². The third kappa shape index (κ3) is 3.50. The summed E-state index contributed by atoms with van der Waals surface area (Å²) in [6, 6.07) is 0. The van der Waals surface area contributed by atoms with Gasteiger partial charge in [-0.2, -0.15) is 0 Å². The third-order valence-electron chi connectivity index (χ3n) is 1.69. The summed E-state index contributed by atoms with van der Waals surface area (Å²) in [6.45, 7) is 4.73. The van der Waals surface area contributed by atoms with Crippen molar-refractivity contribution in [2.45, 2.75) is 19.4 Å². The number of methoxy groups -OCH3 is 1. The van der Waals surface area contributed by atoms with Crippen LogP contribution in [0.25, 0.3) is 0 Å². The normalized spacial score (nSPS) is 11.7. The number of rotatable bonds is 4. The van der Waals surface area contributed by atoms with Crippen molar-refractivity contribution in [2.75, 3.05) is 19.0 Å². The largest absolute Gasteiger partial charge is 0.377 e. The van der Waals surface area contributed by atoms with Crippen LogP contribution in [0, 0.1) is 0 Å². The second-order valence-corrected chi connectivity index (χ2v) is 4.54. The molecular weight excluding hydrogens is 208 g/mol. The predicted octanol–water partition coefficient (Wildman–Crippen LogP) is 2.63. The van der Waals surface area contributed by atoms with Crippen LogP contribution >= 0.6 is 22.9 Å². The van der Waals surface area contributed by atoms with Gasteiger partial charge in [0.1, 0.15) is 5.15 Å². The van der Waals surface area contributed by atoms with Gasteiger partial charge in [-0.1, -0.05) is 11.6 Å². The molecule has 0 aliphatic heterocycles. The molecule has 0 aromatic carbocycles. The van der Waals surface area contributed by atoms with Gasteiger partial charge < -0.3 is 10.1 Å². The van der Waals surface area contributed by atoms with Crippen molar-refractivity contribution in [3.05, 3.63) is 10.5 Å². The molecule has 0 spiro atoms. The summed E-state index contributed by atoms with van der Waals surface area (Å²) < 4.78 is 5.25. The molecule has 0 aliphatic rings. The van der Waals surface area contributed by atoms with Crippen LogP contribution in [0.4, 0.5) is 5.13 Å². The second-order valence-electron chi connectivity index (χ2n) is 3.29. The molecule has 1 rings (SSSR count). The zero-order valence-electron chi connectivity index (χ0n) is 7.93. The SMILES string of the molecule is COC(C)(C)CNc1nc(Cl)cs1. The predicted molar refractivity (Wildman–Crippen MR) is 56.7 cm³/mol. The van der Waals surface area contributed by atoms with Gasteiger partial charge in [-0.05, 0) is 13.8 Å². The maximum absolute atomic E-state index is 5.67. The van der Waals surface area contributed by atoms with Crippen molar-refractivity contribution in [3.8, 4) is 0 Å². The number of thiazole rings is 1. The average Bonchev–Trinajstić information content (AvgIpc) is 2.48. The zero-order valence-corrected chi connectivity index (χ0v) is 9.50. The Morgan fingerprint density at radius 2 is 2.38 bits per heavy atom. The third-order valence-corrected chi connectivity index (χ3v) is 2.82. The topological polar surface area (TPSA) is 34.1 Å². The summed E-state index contributed by atoms with van der Waals surface area (Å²) in [5, 5.41) is 6.31. The minimum absolute atomic E-state index is 0.182. The van der Waals surface area contributed by atoms with Gasteiger partial charge in [0, 0.05) is 19.0 Å². The first-order valence-corrected chi connectivity index (χ1v) is 5.19. The van der Waals surface area contributed by atoms with Gasteiger partial charge in [0.25, 0.3) is 0 Å². The van der Waals surface area contributed by atoms with Gasteiger partial charge in [0.15, 0.2) is 5.13 Å². The Bertz CT molecular complexity index is 275. The lowest BCUT2D eigenvalue weighted by atomic mass is 10.1. The minimum Gasteiger partial charge on any atom is -0.377 e. The number of nitrogens with one attached hydrogen (secondary N) is 1. The fraction of sp³-hybridized carbons (Fsp3) is 0.625. The number of hydrogen-bond acceptors (Lipinski definition) is 4. The molecule has 1 N–H and O–H groups in total. The molecule has 0 bridgehead atoms. The molecule has 0 unspecified atom stereocenters. The first kappa shape index (κ1) is 10.8. The Morgan fingerprint density at radius 3 is 2.85 bits per heavy atom. The monoisotopic (exact) mass is 220 g/mol. The number of nitrogens with zero attached hydrogens (tertiary/aromatic N) is 1. The fourth-order valence-corrected chi connectivity index (χ4v) is 1.53. The van der Waals surface area contributed by atoms with Crippen LogP contribution < -0.4 is 5.32 Å². The maximum Gasteiger partial charge on any atom is 0.184 e. The van der Waals surface area contributed by atoms with E-state index in [2.05, 4.69) is 10.3 Å². The van der Waals surface area contributed by atoms with E-state index in [9.17, 15) is 0 Å². The molecule has 0 radical (unpaired) electrons. The van der Waals surface area contributed by atoms with Crippen molar-refractivity contribution in [2.24, 2.45) is 0 Å². The molecule has 1 aromatic rings. The van der Waals surface area contributed by atoms with Crippen LogP contribution in [0.5, 0.6) is 0 Å². The van der Waals surface area contributed by atoms with Gasteiger partial charge in [-0.3, -0.25) is 0 Å². The van der Waals surface area contributed by atoms with Crippen molar-refractivity contribution in [3.63, 3.8) is 0 Å². The van der Waals surface area contributed by atoms with E-state index in [0.717, 1.165) is 5.13 Å². The number of hydrogen-bond donors (Lipinski definition) is 1. The molecule has 0 saturated carbocycles. The zero-order chi connectivity index (χ0) is 9.90. The van der Waals surface area contributed by atoms with E-state index in [1.165, 1.54) is 11.3 Å². The lowest BCUT2D eigenvalue weighted by Crippen LogP contribution is -2.31. The molecule has 0 aliphatic carbocycles.